The Hall–Kier alpha value is -1.65. The number of piperazine rings is 1. The molecular weight excluding hydrogens is 284 g/mol. The van der Waals surface area contributed by atoms with E-state index in [0.29, 0.717) is 18.9 Å². The molecule has 1 aliphatic rings. The lowest BCUT2D eigenvalue weighted by Crippen LogP contribution is -2.53. The van der Waals surface area contributed by atoms with Gasteiger partial charge in [0, 0.05) is 39.3 Å². The molecule has 0 radical (unpaired) electrons. The number of hydrogen-bond acceptors (Lipinski definition) is 4. The molecule has 2 rings (SSSR count). The third-order valence-corrected chi connectivity index (χ3v) is 4.21. The van der Waals surface area contributed by atoms with Crippen LogP contribution >= 0.6 is 0 Å². The fourth-order valence-corrected chi connectivity index (χ4v) is 2.73. The second-order valence-corrected chi connectivity index (χ2v) is 6.20. The number of anilines is 1. The monoisotopic (exact) mass is 302 g/mol. The molecular formula is C10H18N6O3S. The number of aryl methyl sites for hydroxylation is 2. The highest BCUT2D eigenvalue weighted by atomic mass is 32.2. The number of carbonyl (C=O) groups is 1. The van der Waals surface area contributed by atoms with Crippen LogP contribution in [0.25, 0.3) is 0 Å². The predicted molar refractivity (Wildman–Crippen MR) is 73.2 cm³/mol. The molecule has 0 aliphatic carbocycles. The first kappa shape index (κ1) is 14.8. The minimum atomic E-state index is -3.68. The van der Waals surface area contributed by atoms with Crippen molar-refractivity contribution in [1.82, 2.24) is 19.0 Å². The minimum absolute atomic E-state index is 0.205. The molecule has 0 spiro atoms. The third kappa shape index (κ3) is 3.26. The minimum Gasteiger partial charge on any atom is -0.322 e. The van der Waals surface area contributed by atoms with Crippen molar-refractivity contribution in [3.8, 4) is 0 Å². The van der Waals surface area contributed by atoms with Crippen molar-refractivity contribution in [2.45, 2.75) is 6.92 Å². The summed E-state index contributed by atoms with van der Waals surface area (Å²) in [4.78, 5) is 13.6. The van der Waals surface area contributed by atoms with Gasteiger partial charge < -0.3 is 4.90 Å². The molecule has 0 bridgehead atoms. The summed E-state index contributed by atoms with van der Waals surface area (Å²) in [5.74, 6) is 0.598. The molecule has 1 saturated heterocycles. The van der Waals surface area contributed by atoms with Crippen LogP contribution in [0.3, 0.4) is 0 Å². The van der Waals surface area contributed by atoms with Crippen molar-refractivity contribution in [3.63, 3.8) is 0 Å². The molecule has 3 N–H and O–H groups in total. The summed E-state index contributed by atoms with van der Waals surface area (Å²) in [5, 5.41) is 11.9. The van der Waals surface area contributed by atoms with Gasteiger partial charge in [0.25, 0.3) is 10.2 Å². The third-order valence-electron chi connectivity index (χ3n) is 3.12. The van der Waals surface area contributed by atoms with Gasteiger partial charge in [-0.05, 0) is 6.92 Å². The van der Waals surface area contributed by atoms with E-state index in [4.69, 9.17) is 5.14 Å². The molecule has 0 saturated carbocycles. The topological polar surface area (TPSA) is 114 Å². The van der Waals surface area contributed by atoms with E-state index in [0.717, 1.165) is 10.00 Å². The molecule has 0 atom stereocenters. The maximum absolute atomic E-state index is 12.1. The van der Waals surface area contributed by atoms with Crippen LogP contribution in [-0.4, -0.2) is 59.6 Å². The molecule has 2 amide bonds. The number of urea groups is 1. The molecule has 1 aliphatic heterocycles. The Morgan fingerprint density at radius 1 is 1.35 bits per heavy atom. The zero-order valence-corrected chi connectivity index (χ0v) is 12.2. The van der Waals surface area contributed by atoms with Crippen LogP contribution in [0.4, 0.5) is 10.6 Å². The number of hydrogen-bond donors (Lipinski definition) is 2. The molecule has 0 aromatic carbocycles. The molecule has 2 heterocycles. The first-order chi connectivity index (χ1) is 9.27. The lowest BCUT2D eigenvalue weighted by Gasteiger charge is -2.32. The van der Waals surface area contributed by atoms with Crippen molar-refractivity contribution < 1.29 is 13.2 Å². The molecule has 1 fully saturated rings. The number of nitrogens with one attached hydrogen (secondary N) is 1. The summed E-state index contributed by atoms with van der Waals surface area (Å²) in [6.07, 6.45) is 0. The smallest absolute Gasteiger partial charge is 0.322 e. The van der Waals surface area contributed by atoms with Gasteiger partial charge in [0.15, 0.2) is 0 Å². The van der Waals surface area contributed by atoms with Gasteiger partial charge in [-0.1, -0.05) is 0 Å². The summed E-state index contributed by atoms with van der Waals surface area (Å²) >= 11 is 0. The summed E-state index contributed by atoms with van der Waals surface area (Å²) in [7, 11) is -1.94. The van der Waals surface area contributed by atoms with Crippen molar-refractivity contribution in [3.05, 3.63) is 11.8 Å². The molecule has 1 aromatic rings. The number of nitrogens with two attached hydrogens (primary N) is 1. The molecule has 112 valence electrons. The summed E-state index contributed by atoms with van der Waals surface area (Å²) in [6, 6.07) is 1.49. The number of carbonyl (C=O) groups excluding carboxylic acids is 1. The molecule has 10 heteroatoms. The van der Waals surface area contributed by atoms with Crippen molar-refractivity contribution in [2.24, 2.45) is 12.2 Å². The first-order valence-corrected chi connectivity index (χ1v) is 7.62. The van der Waals surface area contributed by atoms with Gasteiger partial charge in [0.05, 0.1) is 5.69 Å². The highest BCUT2D eigenvalue weighted by molar-refractivity contribution is 7.86. The SMILES string of the molecule is Cc1cc(NC(=O)N2CCN(S(N)(=O)=O)CC2)n(C)n1. The number of aromatic nitrogens is 2. The standard InChI is InChI=1S/C10H18N6O3S/c1-8-7-9(14(2)13-8)12-10(17)15-3-5-16(6-4-15)20(11,18)19/h7H,3-6H2,1-2H3,(H,12,17)(H2,11,18,19). The summed E-state index contributed by atoms with van der Waals surface area (Å²) < 4.78 is 25.1. The van der Waals surface area contributed by atoms with Crippen LogP contribution in [0.5, 0.6) is 0 Å². The second-order valence-electron chi connectivity index (χ2n) is 4.66. The number of rotatable bonds is 2. The van der Waals surface area contributed by atoms with Crippen LogP contribution in [0, 0.1) is 6.92 Å². The zero-order chi connectivity index (χ0) is 14.9. The Labute approximate surface area is 117 Å². The van der Waals surface area contributed by atoms with Gasteiger partial charge in [0.1, 0.15) is 5.82 Å². The first-order valence-electron chi connectivity index (χ1n) is 6.12. The van der Waals surface area contributed by atoms with E-state index < -0.39 is 10.2 Å². The predicted octanol–water partition coefficient (Wildman–Crippen LogP) is -0.918. The van der Waals surface area contributed by atoms with Gasteiger partial charge >= 0.3 is 6.03 Å². The fraction of sp³-hybridized carbons (Fsp3) is 0.600. The normalized spacial score (nSPS) is 17.2. The Morgan fingerprint density at radius 2 is 1.95 bits per heavy atom. The number of amides is 2. The summed E-state index contributed by atoms with van der Waals surface area (Å²) in [5.41, 5.74) is 0.807. The highest BCUT2D eigenvalue weighted by Crippen LogP contribution is 2.11. The van der Waals surface area contributed by atoms with E-state index in [9.17, 15) is 13.2 Å². The second kappa shape index (κ2) is 5.38. The van der Waals surface area contributed by atoms with Crippen LogP contribution in [0.15, 0.2) is 6.07 Å². The Balaban J connectivity index is 1.94. The van der Waals surface area contributed by atoms with E-state index >= 15 is 0 Å². The van der Waals surface area contributed by atoms with Crippen LogP contribution < -0.4 is 10.5 Å². The lowest BCUT2D eigenvalue weighted by molar-refractivity contribution is 0.184. The van der Waals surface area contributed by atoms with Crippen molar-refractivity contribution in [2.75, 3.05) is 31.5 Å². The molecule has 9 nitrogen and oxygen atoms in total. The molecule has 20 heavy (non-hydrogen) atoms. The van der Waals surface area contributed by atoms with Gasteiger partial charge in [0.2, 0.25) is 0 Å². The quantitative estimate of drug-likeness (QED) is 0.735. The fourth-order valence-electron chi connectivity index (χ4n) is 2.06. The van der Waals surface area contributed by atoms with Crippen LogP contribution in [0.1, 0.15) is 5.69 Å². The highest BCUT2D eigenvalue weighted by Gasteiger charge is 2.26. The van der Waals surface area contributed by atoms with Gasteiger partial charge in [-0.3, -0.25) is 10.00 Å². The summed E-state index contributed by atoms with van der Waals surface area (Å²) in [6.45, 7) is 2.85. The Morgan fingerprint density at radius 3 is 2.40 bits per heavy atom. The van der Waals surface area contributed by atoms with Crippen LogP contribution in [0.2, 0.25) is 0 Å². The van der Waals surface area contributed by atoms with E-state index in [2.05, 4.69) is 10.4 Å². The zero-order valence-electron chi connectivity index (χ0n) is 11.4. The van der Waals surface area contributed by atoms with Gasteiger partial charge in [-0.15, -0.1) is 0 Å². The van der Waals surface area contributed by atoms with E-state index in [-0.39, 0.29) is 19.1 Å². The van der Waals surface area contributed by atoms with Gasteiger partial charge in [-0.25, -0.2) is 9.93 Å². The largest absolute Gasteiger partial charge is 0.323 e. The van der Waals surface area contributed by atoms with Crippen molar-refractivity contribution in [1.29, 1.82) is 0 Å². The van der Waals surface area contributed by atoms with E-state index in [1.807, 2.05) is 6.92 Å². The maximum atomic E-state index is 12.1. The molecule has 1 aromatic heterocycles. The van der Waals surface area contributed by atoms with E-state index in [1.54, 1.807) is 22.7 Å². The van der Waals surface area contributed by atoms with Gasteiger partial charge in [-0.2, -0.15) is 17.8 Å². The van der Waals surface area contributed by atoms with E-state index in [1.165, 1.54) is 0 Å². The molecule has 0 unspecified atom stereocenters. The maximum Gasteiger partial charge on any atom is 0.323 e. The lowest BCUT2D eigenvalue weighted by atomic mass is 10.4. The number of nitrogens with zero attached hydrogens (tertiary/aromatic N) is 4. The Kier molecular flexibility index (Phi) is 3.97. The average Bonchev–Trinajstić information content (AvgIpc) is 2.67. The van der Waals surface area contributed by atoms with Crippen LogP contribution in [-0.2, 0) is 17.3 Å². The van der Waals surface area contributed by atoms with Crippen molar-refractivity contribution >= 4 is 22.1 Å². The Bertz CT molecular complexity index is 603. The average molecular weight is 302 g/mol.